The molecule has 0 spiro atoms. The molecule has 4 atom stereocenters. The van der Waals surface area contributed by atoms with E-state index in [9.17, 15) is 33.7 Å². The maximum atomic E-state index is 11.6. The minimum Gasteiger partial charge on any atom is -0.346 e. The molecule has 0 amide bonds. The van der Waals surface area contributed by atoms with Crippen molar-refractivity contribution in [2.45, 2.75) is 25.9 Å². The predicted octanol–water partition coefficient (Wildman–Crippen LogP) is -2.24. The van der Waals surface area contributed by atoms with Crippen LogP contribution in [0.3, 0.4) is 0 Å². The fraction of sp³-hybridized carbons (Fsp3) is 1.00. The first-order valence-electron chi connectivity index (χ1n) is 5.73. The van der Waals surface area contributed by atoms with Gasteiger partial charge < -0.3 is 40.0 Å². The zero-order valence-corrected chi connectivity index (χ0v) is 15.7. The van der Waals surface area contributed by atoms with Crippen molar-refractivity contribution in [1.29, 1.82) is 0 Å². The molecule has 0 aromatic heterocycles. The third-order valence-corrected chi connectivity index (χ3v) is 4.92. The Morgan fingerprint density at radius 3 is 1.67 bits per heavy atom. The molecule has 0 bridgehead atoms. The molecule has 0 aromatic carbocycles. The topological polar surface area (TPSA) is 287 Å². The summed E-state index contributed by atoms with van der Waals surface area (Å²) in [4.78, 5) is 35.9. The van der Waals surface area contributed by atoms with Crippen LogP contribution in [0.25, 0.3) is 0 Å². The molecule has 4 unspecified atom stereocenters. The fourth-order valence-corrected chi connectivity index (χ4v) is 3.58. The van der Waals surface area contributed by atoms with E-state index in [2.05, 4.69) is 36.2 Å². The fourth-order valence-electron chi connectivity index (χ4n) is 1.00. The van der Waals surface area contributed by atoms with Gasteiger partial charge in [0, 0.05) is 0 Å². The van der Waals surface area contributed by atoms with E-state index >= 15 is 0 Å². The largest absolute Gasteiger partial charge is 0.480 e. The van der Waals surface area contributed by atoms with E-state index in [0.717, 1.165) is 0 Å². The van der Waals surface area contributed by atoms with Gasteiger partial charge >= 0.3 is 32.1 Å². The Kier molecular flexibility index (Phi) is 9.44. The molecule has 23 heteroatoms. The molecule has 0 aliphatic carbocycles. The van der Waals surface area contributed by atoms with Gasteiger partial charge in [-0.1, -0.05) is 0 Å². The minimum absolute atomic E-state index is 2.65. The van der Waals surface area contributed by atoms with Gasteiger partial charge in [-0.05, 0) is 0 Å². The number of aliphatic hydroxyl groups excluding tert-OH is 3. The van der Waals surface area contributed by atoms with Crippen LogP contribution in [0.15, 0.2) is 0 Å². The Morgan fingerprint density at radius 2 is 1.33 bits per heavy atom. The number of aliphatic hydroxyl groups is 4. The third kappa shape index (κ3) is 11.3. The number of hydrogen-bond acceptors (Lipinski definition) is 15. The SMILES string of the molecule is O=P(O)(O)OC1OP(=O)(O)OC(O)OP(OC(O)O)OC(O)OP(=O)(O)O1. The van der Waals surface area contributed by atoms with Gasteiger partial charge in [-0.25, -0.2) is 36.3 Å². The molecule has 1 heterocycles. The van der Waals surface area contributed by atoms with Crippen LogP contribution in [0.4, 0.5) is 0 Å². The van der Waals surface area contributed by atoms with Crippen molar-refractivity contribution in [3.8, 4) is 0 Å². The quantitative estimate of drug-likeness (QED) is 0.153. The molecule has 162 valence electrons. The average Bonchev–Trinajstić information content (AvgIpc) is 2.29. The van der Waals surface area contributed by atoms with Crippen LogP contribution < -0.4 is 0 Å². The molecule has 1 fully saturated rings. The highest BCUT2D eigenvalue weighted by atomic mass is 31.2. The van der Waals surface area contributed by atoms with E-state index < -0.39 is 58.0 Å². The van der Waals surface area contributed by atoms with E-state index in [-0.39, 0.29) is 0 Å². The van der Waals surface area contributed by atoms with Crippen LogP contribution in [-0.2, 0) is 49.9 Å². The number of phosphoric acid groups is 3. The lowest BCUT2D eigenvalue weighted by molar-refractivity contribution is -0.248. The van der Waals surface area contributed by atoms with Gasteiger partial charge in [-0.3, -0.25) is 13.6 Å². The smallest absolute Gasteiger partial charge is 0.346 e. The van der Waals surface area contributed by atoms with Crippen LogP contribution in [-0.4, -0.2) is 65.9 Å². The van der Waals surface area contributed by atoms with Crippen LogP contribution in [0.1, 0.15) is 0 Å². The minimum atomic E-state index is -5.61. The van der Waals surface area contributed by atoms with E-state index in [1.165, 1.54) is 0 Å². The molecule has 0 radical (unpaired) electrons. The van der Waals surface area contributed by atoms with Gasteiger partial charge in [0.2, 0.25) is 0 Å². The maximum absolute atomic E-state index is 11.6. The van der Waals surface area contributed by atoms with Crippen molar-refractivity contribution in [3.63, 3.8) is 0 Å². The number of rotatable bonds is 4. The summed E-state index contributed by atoms with van der Waals surface area (Å²) in [6.07, 6.45) is 0. The summed E-state index contributed by atoms with van der Waals surface area (Å²) in [5.41, 5.74) is 0. The standard InChI is InChI=1S/C4H12O19P4/c5-1(6)16-24-17-2(7)19-26(12,13)22-4(21-25(9,10)11)23-27(14,15)20-3(8)18-24/h1-8H,(H,12,13)(H,14,15)(H2,9,10,11). The molecule has 8 N–H and O–H groups in total. The van der Waals surface area contributed by atoms with Crippen molar-refractivity contribution in [2.24, 2.45) is 0 Å². The Hall–Kier alpha value is 0.480. The van der Waals surface area contributed by atoms with E-state index in [1.807, 2.05) is 0 Å². The first-order chi connectivity index (χ1) is 12.1. The van der Waals surface area contributed by atoms with E-state index in [1.54, 1.807) is 0 Å². The molecule has 0 aromatic rings. The molecule has 19 nitrogen and oxygen atoms in total. The second-order valence-electron chi connectivity index (χ2n) is 3.72. The van der Waals surface area contributed by atoms with Crippen molar-refractivity contribution in [2.75, 3.05) is 0 Å². The second kappa shape index (κ2) is 9.99. The van der Waals surface area contributed by atoms with Crippen LogP contribution >= 0.6 is 32.1 Å². The number of phosphoric ester groups is 3. The Bertz CT molecular complexity index is 577. The predicted molar refractivity (Wildman–Crippen MR) is 71.3 cm³/mol. The van der Waals surface area contributed by atoms with Crippen LogP contribution in [0.2, 0.25) is 0 Å². The summed E-state index contributed by atoms with van der Waals surface area (Å²) >= 11 is 0. The molecule has 1 aliphatic heterocycles. The molecule has 0 saturated carbocycles. The summed E-state index contributed by atoms with van der Waals surface area (Å²) in [6, 6.07) is 0. The summed E-state index contributed by atoms with van der Waals surface area (Å²) in [7, 11) is -20.1. The molecular weight excluding hydrogens is 476 g/mol. The van der Waals surface area contributed by atoms with Gasteiger partial charge in [0.05, 0.1) is 0 Å². The lowest BCUT2D eigenvalue weighted by atomic mass is 11.4. The van der Waals surface area contributed by atoms with Crippen molar-refractivity contribution < 1.29 is 89.9 Å². The summed E-state index contributed by atoms with van der Waals surface area (Å²) < 4.78 is 65.7. The highest BCUT2D eigenvalue weighted by Gasteiger charge is 2.42. The Balaban J connectivity index is 3.10. The first kappa shape index (κ1) is 25.5. The zero-order valence-electron chi connectivity index (χ0n) is 12.2. The lowest BCUT2D eigenvalue weighted by Crippen LogP contribution is -2.25. The van der Waals surface area contributed by atoms with Crippen LogP contribution in [0.5, 0.6) is 0 Å². The monoisotopic (exact) mass is 488 g/mol. The van der Waals surface area contributed by atoms with Crippen molar-refractivity contribution >= 4 is 32.1 Å². The molecule has 1 saturated heterocycles. The molecule has 1 rings (SSSR count). The zero-order chi connectivity index (χ0) is 21.0. The summed E-state index contributed by atoms with van der Waals surface area (Å²) in [6.45, 7) is -11.4. The lowest BCUT2D eigenvalue weighted by Gasteiger charge is -2.27. The number of hydrogen-bond donors (Lipinski definition) is 8. The van der Waals surface area contributed by atoms with Gasteiger partial charge in [-0.2, -0.15) is 0 Å². The second-order valence-corrected chi connectivity index (χ2v) is 8.71. The average molecular weight is 488 g/mol. The van der Waals surface area contributed by atoms with Crippen LogP contribution in [0, 0.1) is 0 Å². The molecule has 1 aliphatic rings. The Morgan fingerprint density at radius 1 is 0.926 bits per heavy atom. The molecular formula is C4H12O19P4. The van der Waals surface area contributed by atoms with Gasteiger partial charge in [0.1, 0.15) is 0 Å². The van der Waals surface area contributed by atoms with Crippen molar-refractivity contribution in [3.05, 3.63) is 0 Å². The van der Waals surface area contributed by atoms with Gasteiger partial charge in [0.15, 0.2) is 0 Å². The Labute approximate surface area is 148 Å². The first-order valence-corrected chi connectivity index (χ1v) is 11.3. The highest BCUT2D eigenvalue weighted by Crippen LogP contribution is 2.56. The van der Waals surface area contributed by atoms with Crippen molar-refractivity contribution in [1.82, 2.24) is 0 Å². The van der Waals surface area contributed by atoms with Gasteiger partial charge in [0.25, 0.3) is 25.9 Å². The third-order valence-electron chi connectivity index (χ3n) is 1.64. The van der Waals surface area contributed by atoms with E-state index in [4.69, 9.17) is 20.0 Å². The molecule has 27 heavy (non-hydrogen) atoms. The summed E-state index contributed by atoms with van der Waals surface area (Å²) in [5, 5.41) is 35.8. The normalized spacial score (nSPS) is 40.3. The summed E-state index contributed by atoms with van der Waals surface area (Å²) in [5.74, 6) is 0. The maximum Gasteiger partial charge on any atom is 0.480 e. The van der Waals surface area contributed by atoms with E-state index in [0.29, 0.717) is 0 Å². The van der Waals surface area contributed by atoms with Gasteiger partial charge in [-0.15, -0.1) is 0 Å². The highest BCUT2D eigenvalue weighted by molar-refractivity contribution is 7.48.